The first-order valence-electron chi connectivity index (χ1n) is 9.15. The van der Waals surface area contributed by atoms with E-state index in [0.717, 1.165) is 16.7 Å². The molecular formula is C22H25NO4S. The fraction of sp³-hybridized carbons (Fsp3) is 0.318. The summed E-state index contributed by atoms with van der Waals surface area (Å²) in [5, 5.41) is 0. The number of hydrogen-bond donors (Lipinski definition) is 1. The van der Waals surface area contributed by atoms with Gasteiger partial charge in [0.05, 0.1) is 16.4 Å². The van der Waals surface area contributed by atoms with Crippen LogP contribution in [0.4, 0.5) is 0 Å². The van der Waals surface area contributed by atoms with Gasteiger partial charge in [0.1, 0.15) is 6.10 Å². The molecule has 1 aliphatic rings. The van der Waals surface area contributed by atoms with Crippen molar-refractivity contribution in [3.8, 4) is 0 Å². The van der Waals surface area contributed by atoms with Crippen LogP contribution >= 0.6 is 0 Å². The van der Waals surface area contributed by atoms with Crippen molar-refractivity contribution in [1.29, 1.82) is 0 Å². The van der Waals surface area contributed by atoms with Crippen molar-refractivity contribution in [2.45, 2.75) is 44.7 Å². The maximum absolute atomic E-state index is 13.0. The second kappa shape index (κ2) is 7.53. The van der Waals surface area contributed by atoms with E-state index in [0.29, 0.717) is 0 Å². The highest BCUT2D eigenvalue weighted by Gasteiger charge is 2.35. The lowest BCUT2D eigenvalue weighted by atomic mass is 9.91. The van der Waals surface area contributed by atoms with Crippen LogP contribution in [-0.2, 0) is 19.6 Å². The minimum atomic E-state index is -3.80. The Morgan fingerprint density at radius 2 is 1.68 bits per heavy atom. The highest BCUT2D eigenvalue weighted by molar-refractivity contribution is 7.89. The molecule has 1 aliphatic carbocycles. The summed E-state index contributed by atoms with van der Waals surface area (Å²) >= 11 is 0. The number of sulfonamides is 1. The van der Waals surface area contributed by atoms with Crippen LogP contribution in [0.1, 0.15) is 43.5 Å². The van der Waals surface area contributed by atoms with Crippen LogP contribution < -0.4 is 4.72 Å². The summed E-state index contributed by atoms with van der Waals surface area (Å²) in [6.07, 6.45) is 2.85. The third kappa shape index (κ3) is 4.34. The summed E-state index contributed by atoms with van der Waals surface area (Å²) in [7, 11) is -3.80. The normalized spacial score (nSPS) is 19.1. The minimum absolute atomic E-state index is 0.172. The largest absolute Gasteiger partial charge is 0.456 e. The van der Waals surface area contributed by atoms with Crippen molar-refractivity contribution in [3.05, 3.63) is 71.3 Å². The van der Waals surface area contributed by atoms with Gasteiger partial charge in [0.15, 0.2) is 0 Å². The van der Waals surface area contributed by atoms with Gasteiger partial charge < -0.3 is 4.74 Å². The molecule has 0 spiro atoms. The Kier molecular flexibility index (Phi) is 5.46. The Hall–Kier alpha value is -2.44. The Morgan fingerprint density at radius 1 is 1.04 bits per heavy atom. The third-order valence-corrected chi connectivity index (χ3v) is 6.05. The summed E-state index contributed by atoms with van der Waals surface area (Å²) < 4.78 is 34.4. The van der Waals surface area contributed by atoms with Gasteiger partial charge in [0, 0.05) is 0 Å². The number of esters is 1. The molecule has 5 nitrogen and oxygen atoms in total. The number of rotatable bonds is 4. The number of ether oxygens (including phenoxy) is 1. The number of carbonyl (C=O) groups excluding carboxylic acids is 1. The van der Waals surface area contributed by atoms with Gasteiger partial charge in [0.2, 0.25) is 10.0 Å². The second-order valence-electron chi connectivity index (χ2n) is 8.02. The van der Waals surface area contributed by atoms with Gasteiger partial charge in [-0.1, -0.05) is 48.0 Å². The van der Waals surface area contributed by atoms with Gasteiger partial charge in [0.25, 0.3) is 0 Å². The SMILES string of the molecule is Cc1ccc(S(=O)(=O)NC2c3ccccc3C=C[C@@H]2OC(=O)C(C)(C)C)cc1. The van der Waals surface area contributed by atoms with E-state index in [1.807, 2.05) is 37.3 Å². The van der Waals surface area contributed by atoms with Gasteiger partial charge in [-0.3, -0.25) is 4.79 Å². The average Bonchev–Trinajstić information content (AvgIpc) is 2.63. The van der Waals surface area contributed by atoms with Crippen molar-refractivity contribution in [2.24, 2.45) is 5.41 Å². The first-order chi connectivity index (χ1) is 13.1. The average molecular weight is 400 g/mol. The fourth-order valence-electron chi connectivity index (χ4n) is 2.92. The van der Waals surface area contributed by atoms with E-state index < -0.39 is 27.6 Å². The van der Waals surface area contributed by atoms with Crippen molar-refractivity contribution < 1.29 is 17.9 Å². The Balaban J connectivity index is 1.96. The summed E-state index contributed by atoms with van der Waals surface area (Å²) in [4.78, 5) is 12.6. The minimum Gasteiger partial charge on any atom is -0.456 e. The van der Waals surface area contributed by atoms with E-state index >= 15 is 0 Å². The van der Waals surface area contributed by atoms with Crippen molar-refractivity contribution in [3.63, 3.8) is 0 Å². The zero-order chi connectivity index (χ0) is 20.5. The molecule has 148 valence electrons. The molecule has 0 amide bonds. The molecule has 2 atom stereocenters. The molecular weight excluding hydrogens is 374 g/mol. The van der Waals surface area contributed by atoms with E-state index in [2.05, 4.69) is 4.72 Å². The first-order valence-corrected chi connectivity index (χ1v) is 10.6. The molecule has 0 aromatic heterocycles. The van der Waals surface area contributed by atoms with Crippen LogP contribution in [0.5, 0.6) is 0 Å². The molecule has 0 fully saturated rings. The molecule has 6 heteroatoms. The second-order valence-corrected chi connectivity index (χ2v) is 9.73. The molecule has 0 saturated heterocycles. The van der Waals surface area contributed by atoms with Crippen LogP contribution in [-0.4, -0.2) is 20.5 Å². The highest BCUT2D eigenvalue weighted by Crippen LogP contribution is 2.32. The summed E-state index contributed by atoms with van der Waals surface area (Å²) in [6, 6.07) is 13.4. The summed E-state index contributed by atoms with van der Waals surface area (Å²) in [5.41, 5.74) is 1.95. The topological polar surface area (TPSA) is 72.5 Å². The molecule has 28 heavy (non-hydrogen) atoms. The molecule has 2 aromatic rings. The lowest BCUT2D eigenvalue weighted by Gasteiger charge is -2.32. The Labute approximate surface area is 166 Å². The van der Waals surface area contributed by atoms with Crippen molar-refractivity contribution in [1.82, 2.24) is 4.72 Å². The molecule has 0 saturated carbocycles. The van der Waals surface area contributed by atoms with E-state index in [4.69, 9.17) is 4.74 Å². The number of carbonyl (C=O) groups is 1. The van der Waals surface area contributed by atoms with E-state index in [1.165, 1.54) is 0 Å². The van der Waals surface area contributed by atoms with Gasteiger partial charge in [-0.15, -0.1) is 0 Å². The van der Waals surface area contributed by atoms with Gasteiger partial charge in [-0.2, -0.15) is 4.72 Å². The molecule has 1 unspecified atom stereocenters. The smallest absolute Gasteiger partial charge is 0.311 e. The highest BCUT2D eigenvalue weighted by atomic mass is 32.2. The Morgan fingerprint density at radius 3 is 2.32 bits per heavy atom. The van der Waals surface area contributed by atoms with Gasteiger partial charge in [-0.25, -0.2) is 8.42 Å². The van der Waals surface area contributed by atoms with Gasteiger partial charge in [-0.05, 0) is 57.0 Å². The third-order valence-electron chi connectivity index (χ3n) is 4.59. The fourth-order valence-corrected chi connectivity index (χ4v) is 4.15. The molecule has 3 rings (SSSR count). The quantitative estimate of drug-likeness (QED) is 0.789. The zero-order valence-corrected chi connectivity index (χ0v) is 17.3. The number of aryl methyl sites for hydroxylation is 1. The van der Waals surface area contributed by atoms with E-state index in [-0.39, 0.29) is 10.9 Å². The maximum Gasteiger partial charge on any atom is 0.311 e. The van der Waals surface area contributed by atoms with Crippen LogP contribution in [0.25, 0.3) is 6.08 Å². The molecule has 1 N–H and O–H groups in total. The van der Waals surface area contributed by atoms with Gasteiger partial charge >= 0.3 is 5.97 Å². The summed E-state index contributed by atoms with van der Waals surface area (Å²) in [5.74, 6) is -0.388. The standard InChI is InChI=1S/C22H25NO4S/c1-15-9-12-17(13-10-15)28(25,26)23-20-18-8-6-5-7-16(18)11-14-19(20)27-21(24)22(2,3)4/h5-14,19-20,23H,1-4H3/t19-,20?/m0/s1. The molecule has 2 aromatic carbocycles. The first kappa shape index (κ1) is 20.3. The van der Waals surface area contributed by atoms with Crippen molar-refractivity contribution in [2.75, 3.05) is 0 Å². The molecule has 0 bridgehead atoms. The maximum atomic E-state index is 13.0. The Bertz CT molecular complexity index is 1000. The van der Waals surface area contributed by atoms with Crippen LogP contribution in [0.15, 0.2) is 59.5 Å². The lowest BCUT2D eigenvalue weighted by molar-refractivity contribution is -0.157. The molecule has 0 aliphatic heterocycles. The monoisotopic (exact) mass is 399 g/mol. The predicted octanol–water partition coefficient (Wildman–Crippen LogP) is 4.00. The number of hydrogen-bond acceptors (Lipinski definition) is 4. The van der Waals surface area contributed by atoms with E-state index in [1.54, 1.807) is 51.1 Å². The van der Waals surface area contributed by atoms with Crippen LogP contribution in [0.2, 0.25) is 0 Å². The van der Waals surface area contributed by atoms with Crippen molar-refractivity contribution >= 4 is 22.1 Å². The number of benzene rings is 2. The van der Waals surface area contributed by atoms with E-state index in [9.17, 15) is 13.2 Å². The predicted molar refractivity (Wildman–Crippen MR) is 109 cm³/mol. The molecule has 0 radical (unpaired) electrons. The lowest BCUT2D eigenvalue weighted by Crippen LogP contribution is -2.40. The zero-order valence-electron chi connectivity index (χ0n) is 16.5. The number of nitrogens with one attached hydrogen (secondary N) is 1. The molecule has 0 heterocycles. The number of fused-ring (bicyclic) bond motifs is 1. The summed E-state index contributed by atoms with van der Waals surface area (Å²) in [6.45, 7) is 7.19. The van der Waals surface area contributed by atoms with Crippen LogP contribution in [0.3, 0.4) is 0 Å². The van der Waals surface area contributed by atoms with Crippen LogP contribution in [0, 0.1) is 12.3 Å².